The van der Waals surface area contributed by atoms with Gasteiger partial charge in [-0.15, -0.1) is 0 Å². The van der Waals surface area contributed by atoms with Crippen LogP contribution in [0.3, 0.4) is 0 Å². The molecule has 5 nitrogen and oxygen atoms in total. The van der Waals surface area contributed by atoms with E-state index in [4.69, 9.17) is 5.26 Å². The average molecular weight is 256 g/mol. The highest BCUT2D eigenvalue weighted by molar-refractivity contribution is 5.73. The molecule has 96 valence electrons. The molecule has 0 saturated heterocycles. The van der Waals surface area contributed by atoms with Crippen LogP contribution in [0.5, 0.6) is 0 Å². The molecule has 1 aromatic rings. The van der Waals surface area contributed by atoms with Gasteiger partial charge >= 0.3 is 5.97 Å². The standard InChI is InChI=1S/C11H10F2N2O3/c1-2-18-9(16)4-8-7(10(12)13)3-6(5-14)15-11(8)17/h3,10H,2,4H2,1H3,(H,15,17). The number of hydrogen-bond donors (Lipinski definition) is 1. The summed E-state index contributed by atoms with van der Waals surface area (Å²) in [6, 6.07) is 2.43. The summed E-state index contributed by atoms with van der Waals surface area (Å²) in [5.74, 6) is -0.769. The predicted octanol–water partition coefficient (Wildman–Crippen LogP) is 1.29. The van der Waals surface area contributed by atoms with E-state index in [1.165, 1.54) is 0 Å². The van der Waals surface area contributed by atoms with Crippen LogP contribution in [0.25, 0.3) is 0 Å². The van der Waals surface area contributed by atoms with Crippen molar-refractivity contribution in [3.05, 3.63) is 33.2 Å². The zero-order chi connectivity index (χ0) is 13.7. The fraction of sp³-hybridized carbons (Fsp3) is 0.364. The molecule has 0 bridgehead atoms. The molecule has 1 N–H and O–H groups in total. The number of hydrogen-bond acceptors (Lipinski definition) is 4. The van der Waals surface area contributed by atoms with Gasteiger partial charge in [-0.2, -0.15) is 5.26 Å². The summed E-state index contributed by atoms with van der Waals surface area (Å²) in [5, 5.41) is 8.57. The highest BCUT2D eigenvalue weighted by Crippen LogP contribution is 2.21. The fourth-order valence-corrected chi connectivity index (χ4v) is 1.40. The van der Waals surface area contributed by atoms with E-state index in [2.05, 4.69) is 9.72 Å². The lowest BCUT2D eigenvalue weighted by molar-refractivity contribution is -0.142. The first-order valence-electron chi connectivity index (χ1n) is 5.09. The molecule has 1 heterocycles. The Bertz CT molecular complexity index is 546. The Morgan fingerprint density at radius 3 is 2.78 bits per heavy atom. The van der Waals surface area contributed by atoms with Crippen molar-refractivity contribution in [2.75, 3.05) is 6.61 Å². The Morgan fingerprint density at radius 1 is 1.61 bits per heavy atom. The minimum absolute atomic E-state index is 0.0943. The smallest absolute Gasteiger partial charge is 0.310 e. The van der Waals surface area contributed by atoms with E-state index in [0.717, 1.165) is 6.07 Å². The fourth-order valence-electron chi connectivity index (χ4n) is 1.40. The van der Waals surface area contributed by atoms with Gasteiger partial charge in [-0.25, -0.2) is 8.78 Å². The normalized spacial score (nSPS) is 10.2. The average Bonchev–Trinajstić information content (AvgIpc) is 2.31. The van der Waals surface area contributed by atoms with Crippen LogP contribution >= 0.6 is 0 Å². The number of esters is 1. The monoisotopic (exact) mass is 256 g/mol. The van der Waals surface area contributed by atoms with Crippen molar-refractivity contribution in [3.63, 3.8) is 0 Å². The minimum Gasteiger partial charge on any atom is -0.466 e. The Balaban J connectivity index is 3.22. The number of pyridine rings is 1. The van der Waals surface area contributed by atoms with Gasteiger partial charge in [-0.05, 0) is 13.0 Å². The van der Waals surface area contributed by atoms with Crippen molar-refractivity contribution in [1.29, 1.82) is 5.26 Å². The first kappa shape index (κ1) is 13.8. The molecular formula is C11H10F2N2O3. The summed E-state index contributed by atoms with van der Waals surface area (Å²) in [7, 11) is 0. The first-order valence-corrected chi connectivity index (χ1v) is 5.09. The number of halogens is 2. The second kappa shape index (κ2) is 5.91. The van der Waals surface area contributed by atoms with E-state index in [0.29, 0.717) is 0 Å². The van der Waals surface area contributed by atoms with Crippen LogP contribution in [0.15, 0.2) is 10.9 Å². The van der Waals surface area contributed by atoms with Gasteiger partial charge in [0.25, 0.3) is 12.0 Å². The van der Waals surface area contributed by atoms with Crippen molar-refractivity contribution in [2.45, 2.75) is 19.8 Å². The second-order valence-corrected chi connectivity index (χ2v) is 3.34. The van der Waals surface area contributed by atoms with Gasteiger partial charge in [-0.1, -0.05) is 0 Å². The lowest BCUT2D eigenvalue weighted by atomic mass is 10.1. The first-order chi connectivity index (χ1) is 8.49. The lowest BCUT2D eigenvalue weighted by Crippen LogP contribution is -2.21. The SMILES string of the molecule is CCOC(=O)Cc1c(C(F)F)cc(C#N)[nH]c1=O. The zero-order valence-electron chi connectivity index (χ0n) is 9.50. The molecule has 0 aliphatic rings. The molecule has 0 atom stereocenters. The Hall–Kier alpha value is -2.23. The number of rotatable bonds is 4. The molecule has 18 heavy (non-hydrogen) atoms. The summed E-state index contributed by atoms with van der Waals surface area (Å²) < 4.78 is 30.1. The molecule has 0 unspecified atom stereocenters. The molecule has 1 rings (SSSR count). The van der Waals surface area contributed by atoms with E-state index in [1.54, 1.807) is 13.0 Å². The van der Waals surface area contributed by atoms with Gasteiger partial charge in [0.2, 0.25) is 0 Å². The van der Waals surface area contributed by atoms with Crippen LogP contribution < -0.4 is 5.56 Å². The van der Waals surface area contributed by atoms with Gasteiger partial charge in [0, 0.05) is 11.1 Å². The molecule has 0 aromatic carbocycles. The highest BCUT2D eigenvalue weighted by Gasteiger charge is 2.20. The summed E-state index contributed by atoms with van der Waals surface area (Å²) in [5.41, 5.74) is -2.15. The number of nitrogens with zero attached hydrogens (tertiary/aromatic N) is 1. The minimum atomic E-state index is -2.94. The van der Waals surface area contributed by atoms with E-state index >= 15 is 0 Å². The predicted molar refractivity (Wildman–Crippen MR) is 57.1 cm³/mol. The van der Waals surface area contributed by atoms with Crippen LogP contribution in [0.4, 0.5) is 8.78 Å². The maximum atomic E-state index is 12.7. The van der Waals surface area contributed by atoms with Crippen LogP contribution in [-0.2, 0) is 16.0 Å². The number of carbonyl (C=O) groups is 1. The van der Waals surface area contributed by atoms with E-state index < -0.39 is 29.9 Å². The molecule has 0 radical (unpaired) electrons. The number of nitriles is 1. The Labute approximate surface area is 101 Å². The van der Waals surface area contributed by atoms with Crippen molar-refractivity contribution < 1.29 is 18.3 Å². The molecular weight excluding hydrogens is 246 g/mol. The summed E-state index contributed by atoms with van der Waals surface area (Å²) in [6.07, 6.45) is -3.49. The van der Waals surface area contributed by atoms with Gasteiger partial charge in [0.1, 0.15) is 11.8 Å². The molecule has 1 aromatic heterocycles. The molecule has 0 aliphatic heterocycles. The van der Waals surface area contributed by atoms with Crippen LogP contribution in [0.2, 0.25) is 0 Å². The quantitative estimate of drug-likeness (QED) is 0.823. The van der Waals surface area contributed by atoms with Crippen molar-refractivity contribution >= 4 is 5.97 Å². The maximum Gasteiger partial charge on any atom is 0.310 e. The topological polar surface area (TPSA) is 82.9 Å². The zero-order valence-corrected chi connectivity index (χ0v) is 9.50. The van der Waals surface area contributed by atoms with Crippen molar-refractivity contribution in [1.82, 2.24) is 4.98 Å². The second-order valence-electron chi connectivity index (χ2n) is 3.34. The summed E-state index contributed by atoms with van der Waals surface area (Å²) in [4.78, 5) is 24.8. The third-order valence-electron chi connectivity index (χ3n) is 2.15. The molecule has 0 fully saturated rings. The van der Waals surface area contributed by atoms with Gasteiger partial charge in [-0.3, -0.25) is 9.59 Å². The molecule has 0 aliphatic carbocycles. The van der Waals surface area contributed by atoms with E-state index in [1.807, 2.05) is 0 Å². The Morgan fingerprint density at radius 2 is 2.28 bits per heavy atom. The molecule has 0 spiro atoms. The number of ether oxygens (including phenoxy) is 1. The number of nitrogens with one attached hydrogen (secondary N) is 1. The summed E-state index contributed by atoms with van der Waals surface area (Å²) >= 11 is 0. The van der Waals surface area contributed by atoms with Gasteiger partial charge in [0.05, 0.1) is 13.0 Å². The third kappa shape index (κ3) is 3.13. The van der Waals surface area contributed by atoms with E-state index in [-0.39, 0.29) is 17.9 Å². The molecule has 7 heteroatoms. The number of aromatic nitrogens is 1. The summed E-state index contributed by atoms with van der Waals surface area (Å²) in [6.45, 7) is 1.66. The Kier molecular flexibility index (Phi) is 4.54. The van der Waals surface area contributed by atoms with Crippen LogP contribution in [-0.4, -0.2) is 17.6 Å². The van der Waals surface area contributed by atoms with Gasteiger partial charge in [0.15, 0.2) is 0 Å². The molecule has 0 saturated carbocycles. The largest absolute Gasteiger partial charge is 0.466 e. The lowest BCUT2D eigenvalue weighted by Gasteiger charge is -2.07. The number of aromatic amines is 1. The highest BCUT2D eigenvalue weighted by atomic mass is 19.3. The van der Waals surface area contributed by atoms with Crippen LogP contribution in [0, 0.1) is 11.3 Å². The third-order valence-corrected chi connectivity index (χ3v) is 2.15. The van der Waals surface area contributed by atoms with Crippen LogP contribution in [0.1, 0.15) is 30.2 Å². The number of carbonyl (C=O) groups excluding carboxylic acids is 1. The number of alkyl halides is 2. The number of H-pyrrole nitrogens is 1. The van der Waals surface area contributed by atoms with Crippen molar-refractivity contribution in [3.8, 4) is 6.07 Å². The maximum absolute atomic E-state index is 12.7. The van der Waals surface area contributed by atoms with E-state index in [9.17, 15) is 18.4 Å². The molecule has 0 amide bonds. The van der Waals surface area contributed by atoms with Gasteiger partial charge < -0.3 is 9.72 Å². The van der Waals surface area contributed by atoms with Crippen molar-refractivity contribution in [2.24, 2.45) is 0 Å².